The van der Waals surface area contributed by atoms with Crippen LogP contribution in [0.1, 0.15) is 58.3 Å². The van der Waals surface area contributed by atoms with Crippen molar-refractivity contribution >= 4 is 11.8 Å². The van der Waals surface area contributed by atoms with E-state index in [9.17, 15) is 24.9 Å². The molecule has 1 aliphatic rings. The van der Waals surface area contributed by atoms with E-state index >= 15 is 0 Å². The van der Waals surface area contributed by atoms with Gasteiger partial charge in [-0.15, -0.1) is 0 Å². The molecule has 148 valence electrons. The number of aliphatic hydroxyl groups is 3. The fourth-order valence-corrected chi connectivity index (χ4v) is 3.53. The highest BCUT2D eigenvalue weighted by atomic mass is 16.4. The summed E-state index contributed by atoms with van der Waals surface area (Å²) in [5.41, 5.74) is 0. The largest absolute Gasteiger partial charge is 0.478 e. The van der Waals surface area contributed by atoms with E-state index in [0.717, 1.165) is 18.9 Å². The Morgan fingerprint density at radius 1 is 1.19 bits per heavy atom. The summed E-state index contributed by atoms with van der Waals surface area (Å²) in [7, 11) is 0. The third-order valence-electron chi connectivity index (χ3n) is 5.06. The molecule has 3 unspecified atom stereocenters. The van der Waals surface area contributed by atoms with Gasteiger partial charge in [0.05, 0.1) is 18.3 Å². The van der Waals surface area contributed by atoms with Crippen LogP contribution in [-0.2, 0) is 9.59 Å². The molecule has 4 N–H and O–H groups in total. The lowest BCUT2D eigenvalue weighted by atomic mass is 9.85. The molecule has 0 spiro atoms. The molecular formula is C20H32O6. The first-order valence-corrected chi connectivity index (χ1v) is 9.49. The van der Waals surface area contributed by atoms with Gasteiger partial charge in [0, 0.05) is 18.4 Å². The van der Waals surface area contributed by atoms with Gasteiger partial charge in [-0.2, -0.15) is 0 Å². The summed E-state index contributed by atoms with van der Waals surface area (Å²) in [6.45, 7) is 2.02. The molecule has 26 heavy (non-hydrogen) atoms. The average molecular weight is 368 g/mol. The smallest absolute Gasteiger partial charge is 0.328 e. The highest BCUT2D eigenvalue weighted by molar-refractivity contribution is 5.84. The fourth-order valence-electron chi connectivity index (χ4n) is 3.53. The minimum absolute atomic E-state index is 0.0398. The first kappa shape index (κ1) is 22.5. The monoisotopic (exact) mass is 368 g/mol. The lowest BCUT2D eigenvalue weighted by Crippen LogP contribution is -2.28. The molecule has 6 heteroatoms. The van der Waals surface area contributed by atoms with E-state index in [1.165, 1.54) is 6.08 Å². The van der Waals surface area contributed by atoms with Gasteiger partial charge in [0.25, 0.3) is 0 Å². The Morgan fingerprint density at radius 2 is 1.88 bits per heavy atom. The molecule has 1 rings (SSSR count). The van der Waals surface area contributed by atoms with E-state index in [1.807, 2.05) is 6.92 Å². The van der Waals surface area contributed by atoms with Gasteiger partial charge in [-0.25, -0.2) is 4.79 Å². The molecular weight excluding hydrogens is 336 g/mol. The van der Waals surface area contributed by atoms with Crippen molar-refractivity contribution in [3.63, 3.8) is 0 Å². The summed E-state index contributed by atoms with van der Waals surface area (Å²) < 4.78 is 0. The normalized spacial score (nSPS) is 26.0. The molecule has 0 bridgehead atoms. The van der Waals surface area contributed by atoms with Crippen molar-refractivity contribution in [2.24, 2.45) is 11.8 Å². The molecule has 5 atom stereocenters. The molecule has 0 amide bonds. The Labute approximate surface area is 155 Å². The van der Waals surface area contributed by atoms with Crippen LogP contribution in [0.25, 0.3) is 0 Å². The number of carbonyl (C=O) groups is 2. The standard InChI is InChI=1S/C20H32O6/c1-2-3-9-16(21)17(22)12-11-15-14(18(23)13-19(15)24)8-6-4-5-7-10-20(25)26/h4-5,7,10,14-17,19,21-22,24H,2-3,6,8-9,11-13H2,1H3,(H,25,26)/t14-,15-,16?,17?,19?/m1/s1. The van der Waals surface area contributed by atoms with Crippen LogP contribution in [-0.4, -0.2) is 50.5 Å². The van der Waals surface area contributed by atoms with Gasteiger partial charge in [0.15, 0.2) is 0 Å². The zero-order chi connectivity index (χ0) is 19.5. The second-order valence-electron chi connectivity index (χ2n) is 7.07. The van der Waals surface area contributed by atoms with Crippen molar-refractivity contribution < 1.29 is 30.0 Å². The van der Waals surface area contributed by atoms with Gasteiger partial charge in [0.1, 0.15) is 5.78 Å². The molecule has 0 radical (unpaired) electrons. The van der Waals surface area contributed by atoms with Gasteiger partial charge in [-0.3, -0.25) is 4.79 Å². The van der Waals surface area contributed by atoms with Crippen LogP contribution in [0.2, 0.25) is 0 Å². The zero-order valence-corrected chi connectivity index (χ0v) is 15.5. The lowest BCUT2D eigenvalue weighted by molar-refractivity contribution is -0.131. The third kappa shape index (κ3) is 7.81. The Balaban J connectivity index is 2.48. The van der Waals surface area contributed by atoms with Crippen LogP contribution < -0.4 is 0 Å². The van der Waals surface area contributed by atoms with E-state index in [4.69, 9.17) is 5.11 Å². The number of carbonyl (C=O) groups excluding carboxylic acids is 1. The van der Waals surface area contributed by atoms with Crippen LogP contribution in [0.4, 0.5) is 0 Å². The Kier molecular flexibility index (Phi) is 10.4. The SMILES string of the molecule is CCCCC(O)C(O)CC[C@H]1C(O)CC(=O)[C@@H]1CCC=CC=CC(=O)O. The summed E-state index contributed by atoms with van der Waals surface area (Å²) in [6, 6.07) is 0. The maximum Gasteiger partial charge on any atom is 0.328 e. The summed E-state index contributed by atoms with van der Waals surface area (Å²) in [4.78, 5) is 22.5. The molecule has 0 aromatic heterocycles. The van der Waals surface area contributed by atoms with Crippen molar-refractivity contribution in [2.45, 2.75) is 76.6 Å². The number of hydrogen-bond donors (Lipinski definition) is 4. The number of aliphatic hydroxyl groups excluding tert-OH is 3. The van der Waals surface area contributed by atoms with Crippen LogP contribution in [0.15, 0.2) is 24.3 Å². The van der Waals surface area contributed by atoms with Crippen molar-refractivity contribution in [1.29, 1.82) is 0 Å². The predicted molar refractivity (Wildman–Crippen MR) is 98.5 cm³/mol. The van der Waals surface area contributed by atoms with Crippen LogP contribution in [0, 0.1) is 11.8 Å². The van der Waals surface area contributed by atoms with Crippen LogP contribution in [0.3, 0.4) is 0 Å². The molecule has 1 aliphatic carbocycles. The van der Waals surface area contributed by atoms with Gasteiger partial charge in [-0.05, 0) is 38.0 Å². The molecule has 0 aromatic carbocycles. The second-order valence-corrected chi connectivity index (χ2v) is 7.07. The number of carboxylic acid groups (broad SMARTS) is 1. The Morgan fingerprint density at radius 3 is 2.54 bits per heavy atom. The maximum atomic E-state index is 12.1. The number of rotatable bonds is 12. The predicted octanol–water partition coefficient (Wildman–Crippen LogP) is 2.22. The number of allylic oxidation sites excluding steroid dienone is 3. The summed E-state index contributed by atoms with van der Waals surface area (Å²) in [6.07, 6.45) is 8.22. The number of carboxylic acids is 1. The highest BCUT2D eigenvalue weighted by Gasteiger charge is 2.40. The molecule has 0 aliphatic heterocycles. The molecule has 0 heterocycles. The summed E-state index contributed by atoms with van der Waals surface area (Å²) in [5, 5.41) is 38.7. The minimum Gasteiger partial charge on any atom is -0.478 e. The van der Waals surface area contributed by atoms with Crippen LogP contribution in [0.5, 0.6) is 0 Å². The van der Waals surface area contributed by atoms with Gasteiger partial charge >= 0.3 is 5.97 Å². The van der Waals surface area contributed by atoms with Gasteiger partial charge in [0.2, 0.25) is 0 Å². The quantitative estimate of drug-likeness (QED) is 0.310. The highest BCUT2D eigenvalue weighted by Crippen LogP contribution is 2.36. The second kappa shape index (κ2) is 12.0. The third-order valence-corrected chi connectivity index (χ3v) is 5.06. The summed E-state index contributed by atoms with van der Waals surface area (Å²) >= 11 is 0. The van der Waals surface area contributed by atoms with Crippen molar-refractivity contribution in [1.82, 2.24) is 0 Å². The maximum absolute atomic E-state index is 12.1. The van der Waals surface area contributed by atoms with Gasteiger partial charge in [-0.1, -0.05) is 38.0 Å². The first-order valence-electron chi connectivity index (χ1n) is 9.49. The Bertz CT molecular complexity index is 499. The van der Waals surface area contributed by atoms with Crippen LogP contribution >= 0.6 is 0 Å². The van der Waals surface area contributed by atoms with E-state index < -0.39 is 24.3 Å². The van der Waals surface area contributed by atoms with Crippen molar-refractivity contribution in [3.8, 4) is 0 Å². The summed E-state index contributed by atoms with van der Waals surface area (Å²) in [5.74, 6) is -1.42. The molecule has 6 nitrogen and oxygen atoms in total. The molecule has 1 fully saturated rings. The molecule has 0 aromatic rings. The zero-order valence-electron chi connectivity index (χ0n) is 15.5. The fraction of sp³-hybridized carbons (Fsp3) is 0.700. The lowest BCUT2D eigenvalue weighted by Gasteiger charge is -2.24. The van der Waals surface area contributed by atoms with E-state index in [1.54, 1.807) is 12.2 Å². The average Bonchev–Trinajstić information content (AvgIpc) is 2.86. The first-order chi connectivity index (χ1) is 12.4. The number of aliphatic carboxylic acids is 1. The van der Waals surface area contributed by atoms with E-state index in [2.05, 4.69) is 0 Å². The molecule has 1 saturated carbocycles. The number of hydrogen-bond acceptors (Lipinski definition) is 5. The number of ketones is 1. The number of unbranched alkanes of at least 4 members (excludes halogenated alkanes) is 1. The van der Waals surface area contributed by atoms with Crippen molar-refractivity contribution in [2.75, 3.05) is 0 Å². The van der Waals surface area contributed by atoms with E-state index in [-0.39, 0.29) is 24.0 Å². The Hall–Kier alpha value is -1.50. The topological polar surface area (TPSA) is 115 Å². The van der Waals surface area contributed by atoms with Gasteiger partial charge < -0.3 is 20.4 Å². The molecule has 0 saturated heterocycles. The van der Waals surface area contributed by atoms with E-state index in [0.29, 0.717) is 32.1 Å². The van der Waals surface area contributed by atoms with Crippen molar-refractivity contribution in [3.05, 3.63) is 24.3 Å². The minimum atomic E-state index is -1.01. The number of Topliss-reactive ketones (excluding diaryl/α,β-unsaturated/α-hetero) is 1.